The number of sulfonamides is 1. The largest absolute Gasteiger partial charge is 0.379 e. The fourth-order valence-corrected chi connectivity index (χ4v) is 4.81. The molecule has 1 N–H and O–H groups in total. The summed E-state index contributed by atoms with van der Waals surface area (Å²) in [7, 11) is -3.50. The van der Waals surface area contributed by atoms with Crippen molar-refractivity contribution >= 4 is 21.8 Å². The van der Waals surface area contributed by atoms with Crippen molar-refractivity contribution in [2.45, 2.75) is 30.6 Å². The average Bonchev–Trinajstić information content (AvgIpc) is 2.74. The van der Waals surface area contributed by atoms with Crippen LogP contribution in [0.4, 0.5) is 0 Å². The lowest BCUT2D eigenvalue weighted by molar-refractivity contribution is -0.146. The quantitative estimate of drug-likeness (QED) is 0.710. The lowest BCUT2D eigenvalue weighted by Crippen LogP contribution is -2.45. The van der Waals surface area contributed by atoms with Crippen LogP contribution in [0, 0.1) is 0 Å². The first-order valence-electron chi connectivity index (χ1n) is 9.72. The maximum Gasteiger partial charge on any atom is 0.311 e. The van der Waals surface area contributed by atoms with Crippen LogP contribution in [0.15, 0.2) is 29.2 Å². The van der Waals surface area contributed by atoms with Gasteiger partial charge in [0.15, 0.2) is 0 Å². The van der Waals surface area contributed by atoms with Gasteiger partial charge in [-0.05, 0) is 43.4 Å². The summed E-state index contributed by atoms with van der Waals surface area (Å²) in [5, 5.41) is 2.65. The Bertz CT molecular complexity index is 782. The molecule has 8 nitrogen and oxygen atoms in total. The highest BCUT2D eigenvalue weighted by atomic mass is 32.2. The molecule has 2 aliphatic heterocycles. The minimum absolute atomic E-state index is 0.252. The van der Waals surface area contributed by atoms with E-state index in [1.807, 2.05) is 0 Å². The zero-order valence-electron chi connectivity index (χ0n) is 15.9. The average molecular weight is 410 g/mol. The third-order valence-electron chi connectivity index (χ3n) is 5.07. The van der Waals surface area contributed by atoms with Gasteiger partial charge < -0.3 is 15.0 Å². The van der Waals surface area contributed by atoms with E-state index < -0.39 is 21.8 Å². The van der Waals surface area contributed by atoms with Crippen LogP contribution in [0.2, 0.25) is 0 Å². The molecule has 0 bridgehead atoms. The Morgan fingerprint density at radius 1 is 0.964 bits per heavy atom. The Balaban J connectivity index is 1.49. The molecular formula is C19H27N3O5S. The van der Waals surface area contributed by atoms with E-state index in [2.05, 4.69) is 5.32 Å². The van der Waals surface area contributed by atoms with Crippen molar-refractivity contribution in [3.63, 3.8) is 0 Å². The number of carbonyl (C=O) groups excluding carboxylic acids is 2. The SMILES string of the molecule is O=C(NCCc1ccc(S(=O)(=O)N2CCOCC2)cc1)C(=O)N1CCCCC1. The van der Waals surface area contributed by atoms with Gasteiger partial charge in [-0.25, -0.2) is 8.42 Å². The van der Waals surface area contributed by atoms with Crippen molar-refractivity contribution in [2.75, 3.05) is 45.9 Å². The number of carbonyl (C=O) groups is 2. The van der Waals surface area contributed by atoms with E-state index in [0.29, 0.717) is 52.4 Å². The summed E-state index contributed by atoms with van der Waals surface area (Å²) >= 11 is 0. The van der Waals surface area contributed by atoms with Gasteiger partial charge in [-0.15, -0.1) is 0 Å². The number of hydrogen-bond acceptors (Lipinski definition) is 5. The molecule has 0 unspecified atom stereocenters. The summed E-state index contributed by atoms with van der Waals surface area (Å²) < 4.78 is 31.8. The van der Waals surface area contributed by atoms with Crippen molar-refractivity contribution in [1.82, 2.24) is 14.5 Å². The Hall–Kier alpha value is -1.97. The van der Waals surface area contributed by atoms with Crippen LogP contribution in [-0.4, -0.2) is 75.4 Å². The van der Waals surface area contributed by atoms with Crippen LogP contribution in [0.5, 0.6) is 0 Å². The number of piperidine rings is 1. The summed E-state index contributed by atoms with van der Waals surface area (Å²) in [6, 6.07) is 6.65. The van der Waals surface area contributed by atoms with E-state index in [9.17, 15) is 18.0 Å². The number of morpholine rings is 1. The molecule has 1 aromatic carbocycles. The molecule has 9 heteroatoms. The zero-order chi connectivity index (χ0) is 20.0. The molecule has 0 saturated carbocycles. The first kappa shape index (κ1) is 20.8. The van der Waals surface area contributed by atoms with Crippen molar-refractivity contribution in [3.8, 4) is 0 Å². The van der Waals surface area contributed by atoms with E-state index >= 15 is 0 Å². The van der Waals surface area contributed by atoms with Crippen LogP contribution in [-0.2, 0) is 30.8 Å². The van der Waals surface area contributed by atoms with E-state index in [0.717, 1.165) is 24.8 Å². The van der Waals surface area contributed by atoms with Crippen molar-refractivity contribution in [2.24, 2.45) is 0 Å². The summed E-state index contributed by atoms with van der Waals surface area (Å²) in [5.74, 6) is -1.04. The fraction of sp³-hybridized carbons (Fsp3) is 0.579. The maximum absolute atomic E-state index is 12.6. The minimum Gasteiger partial charge on any atom is -0.379 e. The second-order valence-corrected chi connectivity index (χ2v) is 8.96. The number of hydrogen-bond donors (Lipinski definition) is 1. The highest BCUT2D eigenvalue weighted by Crippen LogP contribution is 2.17. The van der Waals surface area contributed by atoms with E-state index in [-0.39, 0.29) is 4.90 Å². The van der Waals surface area contributed by atoms with Crippen molar-refractivity contribution in [1.29, 1.82) is 0 Å². The van der Waals surface area contributed by atoms with Gasteiger partial charge in [0.25, 0.3) is 0 Å². The molecule has 0 aliphatic carbocycles. The van der Waals surface area contributed by atoms with Crippen LogP contribution >= 0.6 is 0 Å². The molecule has 0 radical (unpaired) electrons. The normalized spacial score (nSPS) is 18.6. The molecular weight excluding hydrogens is 382 g/mol. The third kappa shape index (κ3) is 5.09. The van der Waals surface area contributed by atoms with Gasteiger partial charge in [0, 0.05) is 32.7 Å². The first-order chi connectivity index (χ1) is 13.5. The summed E-state index contributed by atoms with van der Waals surface area (Å²) in [6.07, 6.45) is 3.51. The lowest BCUT2D eigenvalue weighted by atomic mass is 10.1. The highest BCUT2D eigenvalue weighted by molar-refractivity contribution is 7.89. The monoisotopic (exact) mass is 409 g/mol. The van der Waals surface area contributed by atoms with Crippen molar-refractivity contribution < 1.29 is 22.7 Å². The summed E-state index contributed by atoms with van der Waals surface area (Å²) in [6.45, 7) is 3.16. The second-order valence-electron chi connectivity index (χ2n) is 7.02. The Labute approximate surface area is 165 Å². The predicted octanol–water partition coefficient (Wildman–Crippen LogP) is 0.379. The van der Waals surface area contributed by atoms with Gasteiger partial charge in [0.05, 0.1) is 18.1 Å². The number of benzene rings is 1. The van der Waals surface area contributed by atoms with Crippen LogP contribution in [0.3, 0.4) is 0 Å². The molecule has 2 aliphatic rings. The molecule has 2 saturated heterocycles. The van der Waals surface area contributed by atoms with Gasteiger partial charge >= 0.3 is 11.8 Å². The van der Waals surface area contributed by atoms with Crippen molar-refractivity contribution in [3.05, 3.63) is 29.8 Å². The molecule has 28 heavy (non-hydrogen) atoms. The van der Waals surface area contributed by atoms with E-state index in [1.54, 1.807) is 29.2 Å². The number of nitrogens with zero attached hydrogens (tertiary/aromatic N) is 2. The van der Waals surface area contributed by atoms with Gasteiger partial charge in [0.1, 0.15) is 0 Å². The molecule has 0 atom stereocenters. The van der Waals surface area contributed by atoms with E-state index in [4.69, 9.17) is 4.74 Å². The van der Waals surface area contributed by atoms with E-state index in [1.165, 1.54) is 4.31 Å². The lowest BCUT2D eigenvalue weighted by Gasteiger charge is -2.26. The molecule has 2 fully saturated rings. The van der Waals surface area contributed by atoms with Gasteiger partial charge in [-0.1, -0.05) is 12.1 Å². The zero-order valence-corrected chi connectivity index (χ0v) is 16.7. The number of nitrogens with one attached hydrogen (secondary N) is 1. The van der Waals surface area contributed by atoms with Crippen LogP contribution < -0.4 is 5.32 Å². The molecule has 2 heterocycles. The maximum atomic E-state index is 12.6. The molecule has 0 aromatic heterocycles. The topological polar surface area (TPSA) is 96.0 Å². The standard InChI is InChI=1S/C19H27N3O5S/c23-18(19(24)21-10-2-1-3-11-21)20-9-8-16-4-6-17(7-5-16)28(25,26)22-12-14-27-15-13-22/h4-7H,1-3,8-15H2,(H,20,23). The number of ether oxygens (including phenoxy) is 1. The van der Waals surface area contributed by atoms with Gasteiger partial charge in [-0.3, -0.25) is 9.59 Å². The highest BCUT2D eigenvalue weighted by Gasteiger charge is 2.26. The Morgan fingerprint density at radius 2 is 1.61 bits per heavy atom. The van der Waals surface area contributed by atoms with Crippen LogP contribution in [0.25, 0.3) is 0 Å². The smallest absolute Gasteiger partial charge is 0.311 e. The van der Waals surface area contributed by atoms with Gasteiger partial charge in [-0.2, -0.15) is 4.31 Å². The first-order valence-corrected chi connectivity index (χ1v) is 11.2. The Morgan fingerprint density at radius 3 is 2.25 bits per heavy atom. The summed E-state index contributed by atoms with van der Waals surface area (Å²) in [4.78, 5) is 25.9. The van der Waals surface area contributed by atoms with Crippen LogP contribution in [0.1, 0.15) is 24.8 Å². The number of rotatable bonds is 5. The summed E-state index contributed by atoms with van der Waals surface area (Å²) in [5.41, 5.74) is 0.895. The predicted molar refractivity (Wildman–Crippen MR) is 103 cm³/mol. The molecule has 1 aromatic rings. The molecule has 3 rings (SSSR count). The molecule has 0 spiro atoms. The third-order valence-corrected chi connectivity index (χ3v) is 6.98. The van der Waals surface area contributed by atoms with Gasteiger partial charge in [0.2, 0.25) is 10.0 Å². The Kier molecular flexibility index (Phi) is 7.03. The number of likely N-dealkylation sites (tertiary alicyclic amines) is 1. The minimum atomic E-state index is -3.50. The number of amides is 2. The second kappa shape index (κ2) is 9.49. The fourth-order valence-electron chi connectivity index (χ4n) is 3.40. The molecule has 2 amide bonds. The molecule has 154 valence electrons.